The lowest BCUT2D eigenvalue weighted by atomic mass is 9.98. The van der Waals surface area contributed by atoms with E-state index < -0.39 is 5.54 Å². The predicted molar refractivity (Wildman–Crippen MR) is 114 cm³/mol. The van der Waals surface area contributed by atoms with E-state index >= 15 is 0 Å². The third kappa shape index (κ3) is 3.95. The van der Waals surface area contributed by atoms with Gasteiger partial charge in [-0.05, 0) is 44.2 Å². The molecular formula is C23H31N3O5. The number of urea groups is 1. The molecule has 1 aromatic carbocycles. The summed E-state index contributed by atoms with van der Waals surface area (Å²) in [6, 6.07) is 5.33. The Bertz CT molecular complexity index is 865. The van der Waals surface area contributed by atoms with E-state index in [9.17, 15) is 14.4 Å². The van der Waals surface area contributed by atoms with E-state index in [0.717, 1.165) is 31.2 Å². The number of likely N-dealkylation sites (tertiary alicyclic amines) is 1. The maximum absolute atomic E-state index is 13.0. The lowest BCUT2D eigenvalue weighted by Crippen LogP contribution is -2.44. The van der Waals surface area contributed by atoms with Gasteiger partial charge in [-0.15, -0.1) is 0 Å². The maximum Gasteiger partial charge on any atom is 0.325 e. The fourth-order valence-corrected chi connectivity index (χ4v) is 5.21. The standard InChI is InChI=1S/C23H31N3O5/c1-30-16-9-10-17(19(15-16)31-2)18-7-5-13-25(18)20(27)8-6-14-26-21(28)23(24-22(26)29)11-3-4-12-23/h9-10,15,18H,3-8,11-14H2,1-2H3,(H,24,29)/t18-/m0/s1. The van der Waals surface area contributed by atoms with Crippen molar-refractivity contribution < 1.29 is 23.9 Å². The Labute approximate surface area is 182 Å². The summed E-state index contributed by atoms with van der Waals surface area (Å²) in [5.74, 6) is 1.35. The van der Waals surface area contributed by atoms with E-state index in [2.05, 4.69) is 5.32 Å². The van der Waals surface area contributed by atoms with E-state index in [1.807, 2.05) is 23.1 Å². The van der Waals surface area contributed by atoms with Crippen molar-refractivity contribution in [1.29, 1.82) is 0 Å². The molecule has 1 aliphatic carbocycles. The number of hydrogen-bond acceptors (Lipinski definition) is 5. The molecule has 31 heavy (non-hydrogen) atoms. The third-order valence-electron chi connectivity index (χ3n) is 6.85. The Morgan fingerprint density at radius 2 is 1.94 bits per heavy atom. The zero-order chi connectivity index (χ0) is 22.0. The zero-order valence-corrected chi connectivity index (χ0v) is 18.3. The van der Waals surface area contributed by atoms with Gasteiger partial charge in [0.05, 0.1) is 20.3 Å². The highest BCUT2D eigenvalue weighted by Crippen LogP contribution is 2.39. The molecule has 3 aliphatic rings. The number of rotatable bonds is 7. The fourth-order valence-electron chi connectivity index (χ4n) is 5.21. The topological polar surface area (TPSA) is 88.2 Å². The van der Waals surface area contributed by atoms with E-state index in [1.165, 1.54) is 4.90 Å². The predicted octanol–water partition coefficient (Wildman–Crippen LogP) is 3.01. The summed E-state index contributed by atoms with van der Waals surface area (Å²) in [6.45, 7) is 0.980. The average Bonchev–Trinajstić information content (AvgIpc) is 3.50. The molecule has 1 spiro atoms. The number of carbonyl (C=O) groups excluding carboxylic acids is 3. The van der Waals surface area contributed by atoms with Crippen LogP contribution in [0.15, 0.2) is 18.2 Å². The zero-order valence-electron chi connectivity index (χ0n) is 18.3. The van der Waals surface area contributed by atoms with Gasteiger partial charge in [-0.2, -0.15) is 0 Å². The first-order valence-corrected chi connectivity index (χ1v) is 11.1. The molecule has 2 saturated heterocycles. The van der Waals surface area contributed by atoms with Crippen LogP contribution in [-0.4, -0.2) is 60.5 Å². The van der Waals surface area contributed by atoms with Gasteiger partial charge in [0.1, 0.15) is 17.0 Å². The molecule has 168 valence electrons. The SMILES string of the molecule is COc1ccc([C@@H]2CCCN2C(=O)CCCN2C(=O)NC3(CCCC3)C2=O)c(OC)c1. The minimum absolute atomic E-state index is 0.0353. The summed E-state index contributed by atoms with van der Waals surface area (Å²) in [5, 5.41) is 2.89. The summed E-state index contributed by atoms with van der Waals surface area (Å²) in [5.41, 5.74) is 0.290. The summed E-state index contributed by atoms with van der Waals surface area (Å²) in [6.07, 6.45) is 5.94. The van der Waals surface area contributed by atoms with Gasteiger partial charge in [0.15, 0.2) is 0 Å². The monoisotopic (exact) mass is 429 g/mol. The van der Waals surface area contributed by atoms with Gasteiger partial charge >= 0.3 is 6.03 Å². The quantitative estimate of drug-likeness (QED) is 0.673. The normalized spacial score (nSPS) is 22.3. The van der Waals surface area contributed by atoms with E-state index in [4.69, 9.17) is 9.47 Å². The lowest BCUT2D eigenvalue weighted by Gasteiger charge is -2.27. The van der Waals surface area contributed by atoms with Crippen LogP contribution in [0.25, 0.3) is 0 Å². The Morgan fingerprint density at radius 1 is 1.16 bits per heavy atom. The molecule has 3 fully saturated rings. The number of benzene rings is 1. The second kappa shape index (κ2) is 8.77. The van der Waals surface area contributed by atoms with Crippen LogP contribution in [0.1, 0.15) is 63.0 Å². The van der Waals surface area contributed by atoms with Gasteiger partial charge in [-0.3, -0.25) is 14.5 Å². The number of hydrogen-bond donors (Lipinski definition) is 1. The van der Waals surface area contributed by atoms with Crippen LogP contribution >= 0.6 is 0 Å². The molecule has 8 nitrogen and oxygen atoms in total. The highest BCUT2D eigenvalue weighted by molar-refractivity contribution is 6.07. The van der Waals surface area contributed by atoms with Gasteiger partial charge in [0, 0.05) is 31.1 Å². The van der Waals surface area contributed by atoms with Gasteiger partial charge in [-0.1, -0.05) is 12.8 Å². The molecule has 0 aromatic heterocycles. The number of nitrogens with one attached hydrogen (secondary N) is 1. The van der Waals surface area contributed by atoms with E-state index in [0.29, 0.717) is 43.7 Å². The van der Waals surface area contributed by atoms with Gasteiger partial charge in [0.2, 0.25) is 5.91 Å². The number of carbonyl (C=O) groups is 3. The Morgan fingerprint density at radius 3 is 2.65 bits per heavy atom. The van der Waals surface area contributed by atoms with Crippen molar-refractivity contribution >= 4 is 17.8 Å². The summed E-state index contributed by atoms with van der Waals surface area (Å²) < 4.78 is 10.8. The summed E-state index contributed by atoms with van der Waals surface area (Å²) in [7, 11) is 3.23. The second-order valence-corrected chi connectivity index (χ2v) is 8.63. The summed E-state index contributed by atoms with van der Waals surface area (Å²) >= 11 is 0. The van der Waals surface area contributed by atoms with Crippen molar-refractivity contribution in [2.45, 2.75) is 62.9 Å². The first-order chi connectivity index (χ1) is 15.0. The van der Waals surface area contributed by atoms with Crippen LogP contribution in [-0.2, 0) is 9.59 Å². The lowest BCUT2D eigenvalue weighted by molar-refractivity contribution is -0.134. The highest BCUT2D eigenvalue weighted by Gasteiger charge is 2.52. The summed E-state index contributed by atoms with van der Waals surface area (Å²) in [4.78, 5) is 41.3. The van der Waals surface area contributed by atoms with Crippen molar-refractivity contribution in [2.75, 3.05) is 27.3 Å². The Kier molecular flexibility index (Phi) is 6.07. The van der Waals surface area contributed by atoms with Crippen LogP contribution in [0.5, 0.6) is 11.5 Å². The molecule has 0 bridgehead atoms. The molecule has 4 amide bonds. The Hall–Kier alpha value is -2.77. The molecule has 2 aliphatic heterocycles. The molecule has 1 saturated carbocycles. The number of imide groups is 1. The fraction of sp³-hybridized carbons (Fsp3) is 0.609. The van der Waals surface area contributed by atoms with Crippen LogP contribution in [0.4, 0.5) is 4.79 Å². The van der Waals surface area contributed by atoms with E-state index in [1.54, 1.807) is 14.2 Å². The van der Waals surface area contributed by atoms with Crippen LogP contribution in [0.3, 0.4) is 0 Å². The number of nitrogens with zero attached hydrogens (tertiary/aromatic N) is 2. The van der Waals surface area contributed by atoms with Crippen LogP contribution in [0, 0.1) is 0 Å². The molecular weight excluding hydrogens is 398 g/mol. The first-order valence-electron chi connectivity index (χ1n) is 11.1. The Balaban J connectivity index is 1.36. The smallest absolute Gasteiger partial charge is 0.325 e. The van der Waals surface area contributed by atoms with Gasteiger partial charge in [-0.25, -0.2) is 4.79 Å². The average molecular weight is 430 g/mol. The van der Waals surface area contributed by atoms with Crippen molar-refractivity contribution in [3.05, 3.63) is 23.8 Å². The molecule has 1 atom stereocenters. The molecule has 4 rings (SSSR count). The molecule has 8 heteroatoms. The second-order valence-electron chi connectivity index (χ2n) is 8.63. The van der Waals surface area contributed by atoms with E-state index in [-0.39, 0.29) is 30.4 Å². The largest absolute Gasteiger partial charge is 0.497 e. The van der Waals surface area contributed by atoms with Crippen molar-refractivity contribution in [3.8, 4) is 11.5 Å². The van der Waals surface area contributed by atoms with Crippen LogP contribution < -0.4 is 14.8 Å². The van der Waals surface area contributed by atoms with Gasteiger partial charge in [0.25, 0.3) is 5.91 Å². The van der Waals surface area contributed by atoms with Gasteiger partial charge < -0.3 is 19.7 Å². The highest BCUT2D eigenvalue weighted by atomic mass is 16.5. The van der Waals surface area contributed by atoms with Crippen molar-refractivity contribution in [3.63, 3.8) is 0 Å². The first kappa shape index (κ1) is 21.5. The van der Waals surface area contributed by atoms with Crippen molar-refractivity contribution in [1.82, 2.24) is 15.1 Å². The minimum atomic E-state index is -0.688. The molecule has 2 heterocycles. The van der Waals surface area contributed by atoms with Crippen molar-refractivity contribution in [2.24, 2.45) is 0 Å². The third-order valence-corrected chi connectivity index (χ3v) is 6.85. The van der Waals surface area contributed by atoms with Crippen LogP contribution in [0.2, 0.25) is 0 Å². The molecule has 0 unspecified atom stereocenters. The molecule has 1 aromatic rings. The minimum Gasteiger partial charge on any atom is -0.497 e. The molecule has 0 radical (unpaired) electrons. The number of ether oxygens (including phenoxy) is 2. The maximum atomic E-state index is 13.0. The molecule has 1 N–H and O–H groups in total. The number of amides is 4. The number of methoxy groups -OCH3 is 2.